The van der Waals surface area contributed by atoms with Crippen molar-refractivity contribution in [3.8, 4) is 5.75 Å². The molecule has 0 aliphatic carbocycles. The van der Waals surface area contributed by atoms with Gasteiger partial charge in [-0.3, -0.25) is 4.79 Å². The summed E-state index contributed by atoms with van der Waals surface area (Å²) in [4.78, 5) is 14.7. The van der Waals surface area contributed by atoms with Crippen molar-refractivity contribution in [2.45, 2.75) is 25.1 Å². The number of rotatable bonds is 7. The number of methoxy groups -OCH3 is 1. The summed E-state index contributed by atoms with van der Waals surface area (Å²) in [5.41, 5.74) is 1.28. The Kier molecular flexibility index (Phi) is 7.86. The van der Waals surface area contributed by atoms with Gasteiger partial charge in [0.25, 0.3) is 0 Å². The topological polar surface area (TPSA) is 66.9 Å². The molecule has 0 aromatic heterocycles. The molecule has 1 aliphatic heterocycles. The molecular weight excluding hydrogens is 459 g/mol. The van der Waals surface area contributed by atoms with Crippen LogP contribution in [0.2, 0.25) is 10.0 Å². The molecule has 0 N–H and O–H groups in total. The number of carbonyl (C=O) groups is 1. The minimum Gasteiger partial charge on any atom is -0.496 e. The molecule has 0 saturated carbocycles. The largest absolute Gasteiger partial charge is 0.496 e. The zero-order valence-corrected chi connectivity index (χ0v) is 19.9. The van der Waals surface area contributed by atoms with E-state index in [9.17, 15) is 13.2 Å². The lowest BCUT2D eigenvalue weighted by atomic mass is 9.98. The lowest BCUT2D eigenvalue weighted by molar-refractivity contribution is -0.135. The number of hydrogen-bond acceptors (Lipinski definition) is 4. The van der Waals surface area contributed by atoms with Gasteiger partial charge in [-0.1, -0.05) is 47.5 Å². The summed E-state index contributed by atoms with van der Waals surface area (Å²) in [7, 11) is -0.348. The average Bonchev–Trinajstić information content (AvgIpc) is 2.76. The molecule has 168 valence electrons. The van der Waals surface area contributed by atoms with Gasteiger partial charge in [0.05, 0.1) is 18.8 Å². The van der Waals surface area contributed by atoms with Gasteiger partial charge in [-0.25, -0.2) is 12.7 Å². The zero-order chi connectivity index (χ0) is 22.6. The van der Waals surface area contributed by atoms with Gasteiger partial charge in [-0.05, 0) is 31.0 Å². The Bertz CT molecular complexity index is 1030. The molecule has 0 radical (unpaired) electrons. The number of hydrogen-bond donors (Lipinski definition) is 0. The maximum Gasteiger partial charge on any atom is 0.227 e. The summed E-state index contributed by atoms with van der Waals surface area (Å²) in [6.45, 7) is 0.922. The molecular formula is C22H26Cl2N2O4S. The van der Waals surface area contributed by atoms with Crippen LogP contribution in [-0.4, -0.2) is 50.8 Å². The molecule has 1 fully saturated rings. The first-order valence-corrected chi connectivity index (χ1v) is 12.4. The van der Waals surface area contributed by atoms with Crippen LogP contribution >= 0.6 is 23.2 Å². The van der Waals surface area contributed by atoms with Crippen molar-refractivity contribution >= 4 is 39.1 Å². The van der Waals surface area contributed by atoms with Crippen LogP contribution in [-0.2, 0) is 27.1 Å². The third kappa shape index (κ3) is 5.71. The molecule has 3 rings (SSSR count). The van der Waals surface area contributed by atoms with Crippen molar-refractivity contribution in [3.63, 3.8) is 0 Å². The number of piperidine rings is 1. The Morgan fingerprint density at radius 2 is 1.84 bits per heavy atom. The summed E-state index contributed by atoms with van der Waals surface area (Å²) in [5, 5.41) is 0.634. The van der Waals surface area contributed by atoms with Gasteiger partial charge in [0.2, 0.25) is 15.9 Å². The number of amides is 1. The van der Waals surface area contributed by atoms with Crippen LogP contribution < -0.4 is 4.74 Å². The molecule has 0 unspecified atom stereocenters. The monoisotopic (exact) mass is 484 g/mol. The van der Waals surface area contributed by atoms with E-state index in [4.69, 9.17) is 27.9 Å². The molecule has 6 nitrogen and oxygen atoms in total. The van der Waals surface area contributed by atoms with E-state index in [1.54, 1.807) is 37.3 Å². The van der Waals surface area contributed by atoms with Gasteiger partial charge >= 0.3 is 0 Å². The van der Waals surface area contributed by atoms with Gasteiger partial charge < -0.3 is 9.64 Å². The molecule has 1 saturated heterocycles. The summed E-state index contributed by atoms with van der Waals surface area (Å²) in [5.74, 6) is -0.0538. The number of ether oxygens (including phenoxy) is 1. The van der Waals surface area contributed by atoms with Gasteiger partial charge in [0, 0.05) is 47.9 Å². The summed E-state index contributed by atoms with van der Waals surface area (Å²) in [6, 6.07) is 12.4. The van der Waals surface area contributed by atoms with E-state index in [-0.39, 0.29) is 18.2 Å². The van der Waals surface area contributed by atoms with Crippen molar-refractivity contribution in [1.82, 2.24) is 9.21 Å². The number of nitrogens with zero attached hydrogens (tertiary/aromatic N) is 2. The fourth-order valence-corrected chi connectivity index (χ4v) is 6.18. The third-order valence-electron chi connectivity index (χ3n) is 5.49. The van der Waals surface area contributed by atoms with E-state index in [0.29, 0.717) is 47.3 Å². The smallest absolute Gasteiger partial charge is 0.227 e. The number of sulfonamides is 1. The van der Waals surface area contributed by atoms with E-state index in [2.05, 4.69) is 0 Å². The van der Waals surface area contributed by atoms with Gasteiger partial charge in [-0.15, -0.1) is 0 Å². The number of benzene rings is 2. The average molecular weight is 485 g/mol. The molecule has 1 amide bonds. The van der Waals surface area contributed by atoms with Crippen LogP contribution in [0.4, 0.5) is 0 Å². The second kappa shape index (κ2) is 10.2. The molecule has 1 atom stereocenters. The molecule has 1 heterocycles. The number of para-hydroxylation sites is 1. The van der Waals surface area contributed by atoms with Gasteiger partial charge in [-0.2, -0.15) is 0 Å². The van der Waals surface area contributed by atoms with Crippen LogP contribution in [0, 0.1) is 5.92 Å². The second-order valence-electron chi connectivity index (χ2n) is 7.66. The van der Waals surface area contributed by atoms with Crippen LogP contribution in [0.25, 0.3) is 0 Å². The highest BCUT2D eigenvalue weighted by atomic mass is 35.5. The van der Waals surface area contributed by atoms with Crippen LogP contribution in [0.1, 0.15) is 24.0 Å². The fraction of sp³-hybridized carbons (Fsp3) is 0.409. The third-order valence-corrected chi connectivity index (χ3v) is 7.97. The maximum absolute atomic E-state index is 13.1. The summed E-state index contributed by atoms with van der Waals surface area (Å²) < 4.78 is 32.8. The Balaban J connectivity index is 1.69. The van der Waals surface area contributed by atoms with Crippen LogP contribution in [0.15, 0.2) is 42.5 Å². The minimum absolute atomic E-state index is 0.0819. The molecule has 1 aliphatic rings. The fourth-order valence-electron chi connectivity index (χ4n) is 3.82. The predicted molar refractivity (Wildman–Crippen MR) is 123 cm³/mol. The quantitative estimate of drug-likeness (QED) is 0.590. The highest BCUT2D eigenvalue weighted by Gasteiger charge is 2.34. The van der Waals surface area contributed by atoms with E-state index in [1.165, 1.54) is 4.31 Å². The number of carbonyl (C=O) groups excluding carboxylic acids is 1. The first-order valence-electron chi connectivity index (χ1n) is 10.0. The van der Waals surface area contributed by atoms with Crippen molar-refractivity contribution in [1.29, 1.82) is 0 Å². The Morgan fingerprint density at radius 3 is 2.52 bits per heavy atom. The molecule has 31 heavy (non-hydrogen) atoms. The van der Waals surface area contributed by atoms with E-state index in [0.717, 1.165) is 5.56 Å². The van der Waals surface area contributed by atoms with Crippen LogP contribution in [0.3, 0.4) is 0 Å². The summed E-state index contributed by atoms with van der Waals surface area (Å²) >= 11 is 12.3. The highest BCUT2D eigenvalue weighted by Crippen LogP contribution is 2.29. The SMILES string of the molecule is COc1ccccc1CN(C)C(=O)[C@H]1CCCN(S(=O)(=O)Cc2c(Cl)cccc2Cl)C1. The van der Waals surface area contributed by atoms with Gasteiger partial charge in [0.15, 0.2) is 0 Å². The van der Waals surface area contributed by atoms with Gasteiger partial charge in [0.1, 0.15) is 5.75 Å². The second-order valence-corrected chi connectivity index (χ2v) is 10.4. The van der Waals surface area contributed by atoms with E-state index < -0.39 is 15.9 Å². The zero-order valence-electron chi connectivity index (χ0n) is 17.6. The van der Waals surface area contributed by atoms with Crippen molar-refractivity contribution < 1.29 is 17.9 Å². The Morgan fingerprint density at radius 1 is 1.16 bits per heavy atom. The lowest BCUT2D eigenvalue weighted by Crippen LogP contribution is -2.46. The molecule has 2 aromatic carbocycles. The lowest BCUT2D eigenvalue weighted by Gasteiger charge is -2.33. The maximum atomic E-state index is 13.1. The molecule has 0 bridgehead atoms. The van der Waals surface area contributed by atoms with Crippen molar-refractivity contribution in [2.75, 3.05) is 27.2 Å². The summed E-state index contributed by atoms with van der Waals surface area (Å²) in [6.07, 6.45) is 1.27. The van der Waals surface area contributed by atoms with Crippen molar-refractivity contribution in [2.24, 2.45) is 5.92 Å². The first kappa shape index (κ1) is 23.9. The van der Waals surface area contributed by atoms with E-state index >= 15 is 0 Å². The number of halogens is 2. The molecule has 0 spiro atoms. The Hall–Kier alpha value is -1.80. The van der Waals surface area contributed by atoms with Crippen LogP contribution in [0.5, 0.6) is 5.75 Å². The predicted octanol–water partition coefficient (Wildman–Crippen LogP) is 4.20. The first-order chi connectivity index (χ1) is 14.7. The molecule has 9 heteroatoms. The standard InChI is InChI=1S/C22H26Cl2N2O4S/c1-25(13-16-7-3-4-11-21(16)30-2)22(27)17-8-6-12-26(14-17)31(28,29)15-18-19(23)9-5-10-20(18)24/h3-5,7,9-11,17H,6,8,12-15H2,1-2H3/t17-/m0/s1. The minimum atomic E-state index is -3.67. The normalized spacial score (nSPS) is 17.4. The Labute approximate surface area is 193 Å². The van der Waals surface area contributed by atoms with Crippen molar-refractivity contribution in [3.05, 3.63) is 63.6 Å². The highest BCUT2D eigenvalue weighted by molar-refractivity contribution is 7.88. The van der Waals surface area contributed by atoms with E-state index in [1.807, 2.05) is 24.3 Å². The molecule has 2 aromatic rings.